The predicted octanol–water partition coefficient (Wildman–Crippen LogP) is 3.58. The number of hydrogen-bond donors (Lipinski definition) is 4. The van der Waals surface area contributed by atoms with E-state index in [2.05, 4.69) is 27.9 Å². The molecular weight excluding hydrogens is 663 g/mol. The van der Waals surface area contributed by atoms with Gasteiger partial charge in [-0.2, -0.15) is 0 Å². The number of aliphatic hydroxyl groups is 3. The molecule has 3 unspecified atom stereocenters. The molecule has 0 bridgehead atoms. The fourth-order valence-electron chi connectivity index (χ4n) is 5.45. The minimum atomic E-state index is -1.17. The summed E-state index contributed by atoms with van der Waals surface area (Å²) in [4.78, 5) is 28.8. The van der Waals surface area contributed by atoms with Gasteiger partial charge in [-0.05, 0) is 76.9 Å². The minimum Gasteiger partial charge on any atom is -0.493 e. The smallest absolute Gasteiger partial charge is 0.247 e. The lowest BCUT2D eigenvalue weighted by molar-refractivity contribution is -0.143. The first-order chi connectivity index (χ1) is 19.7. The number of halogens is 2. The maximum atomic E-state index is 14.0. The Morgan fingerprint density at radius 2 is 1.83 bits per heavy atom. The molecule has 0 heterocycles. The van der Waals surface area contributed by atoms with Crippen LogP contribution in [0.3, 0.4) is 0 Å². The van der Waals surface area contributed by atoms with Gasteiger partial charge in [-0.3, -0.25) is 9.59 Å². The number of rotatable bonds is 11. The van der Waals surface area contributed by atoms with Crippen LogP contribution in [0.2, 0.25) is 5.02 Å². The molecule has 0 radical (unpaired) electrons. The lowest BCUT2D eigenvalue weighted by Gasteiger charge is -2.41. The van der Waals surface area contributed by atoms with E-state index >= 15 is 0 Å². The molecule has 4 N–H and O–H groups in total. The third-order valence-electron chi connectivity index (χ3n) is 7.59. The molecule has 3 atom stereocenters. The summed E-state index contributed by atoms with van der Waals surface area (Å²) in [5.74, 6) is 0.111. The van der Waals surface area contributed by atoms with Crippen LogP contribution >= 0.6 is 34.2 Å². The van der Waals surface area contributed by atoms with Gasteiger partial charge in [0.15, 0.2) is 11.5 Å². The van der Waals surface area contributed by atoms with E-state index in [0.29, 0.717) is 31.2 Å². The molecule has 2 aromatic rings. The third-order valence-corrected chi connectivity index (χ3v) is 8.65. The maximum absolute atomic E-state index is 14.0. The van der Waals surface area contributed by atoms with E-state index in [0.717, 1.165) is 31.2 Å². The fourth-order valence-corrected chi connectivity index (χ4v) is 6.37. The zero-order valence-electron chi connectivity index (χ0n) is 22.9. The Labute approximate surface area is 258 Å². The van der Waals surface area contributed by atoms with Gasteiger partial charge in [0.05, 0.1) is 29.9 Å². The molecule has 2 aliphatic rings. The van der Waals surface area contributed by atoms with Gasteiger partial charge < -0.3 is 35.0 Å². The van der Waals surface area contributed by atoms with Crippen molar-refractivity contribution in [2.45, 2.75) is 63.5 Å². The van der Waals surface area contributed by atoms with E-state index in [4.69, 9.17) is 21.1 Å². The van der Waals surface area contributed by atoms with Crippen molar-refractivity contribution in [3.05, 3.63) is 67.8 Å². The predicted molar refractivity (Wildman–Crippen MR) is 163 cm³/mol. The first-order valence-electron chi connectivity index (χ1n) is 13.7. The number of hydrogen-bond acceptors (Lipinski definition) is 7. The van der Waals surface area contributed by atoms with Gasteiger partial charge in [0.2, 0.25) is 11.8 Å². The average molecular weight is 699 g/mol. The SMILES string of the molecule is COc1cc(CO)cc(I)c1OC1C=C(C(=O)NCCO)CC(N(Cc2ccc(Cl)cc2)C(=O)C2CCCC2)C1O. The van der Waals surface area contributed by atoms with Gasteiger partial charge in [0, 0.05) is 36.0 Å². The zero-order valence-corrected chi connectivity index (χ0v) is 25.8. The van der Waals surface area contributed by atoms with Gasteiger partial charge in [-0.15, -0.1) is 0 Å². The molecule has 2 aromatic carbocycles. The van der Waals surface area contributed by atoms with Crippen LogP contribution in [0, 0.1) is 9.49 Å². The quantitative estimate of drug-likeness (QED) is 0.264. The van der Waals surface area contributed by atoms with Gasteiger partial charge in [-0.1, -0.05) is 36.6 Å². The van der Waals surface area contributed by atoms with Gasteiger partial charge in [0.1, 0.15) is 12.2 Å². The molecule has 0 aromatic heterocycles. The Balaban J connectivity index is 1.72. The molecule has 0 saturated heterocycles. The molecule has 0 aliphatic heterocycles. The fraction of sp³-hybridized carbons (Fsp3) is 0.467. The van der Waals surface area contributed by atoms with Crippen LogP contribution < -0.4 is 14.8 Å². The first-order valence-corrected chi connectivity index (χ1v) is 15.2. The summed E-state index contributed by atoms with van der Waals surface area (Å²) in [6.07, 6.45) is 3.04. The molecule has 1 saturated carbocycles. The van der Waals surface area contributed by atoms with E-state index < -0.39 is 24.2 Å². The largest absolute Gasteiger partial charge is 0.493 e. The van der Waals surface area contributed by atoms with Crippen LogP contribution in [0.1, 0.15) is 43.2 Å². The molecule has 9 nitrogen and oxygen atoms in total. The normalized spacial score (nSPS) is 20.8. The van der Waals surface area contributed by atoms with Gasteiger partial charge in [0.25, 0.3) is 0 Å². The summed E-state index contributed by atoms with van der Waals surface area (Å²) >= 11 is 8.17. The number of amides is 2. The number of methoxy groups -OCH3 is 1. The summed E-state index contributed by atoms with van der Waals surface area (Å²) in [6, 6.07) is 9.86. The van der Waals surface area contributed by atoms with Crippen molar-refractivity contribution in [3.63, 3.8) is 0 Å². The second kappa shape index (κ2) is 14.7. The average Bonchev–Trinajstić information content (AvgIpc) is 3.52. The Morgan fingerprint density at radius 1 is 1.12 bits per heavy atom. The second-order valence-corrected chi connectivity index (χ2v) is 12.0. The number of nitrogens with zero attached hydrogens (tertiary/aromatic N) is 1. The van der Waals surface area contributed by atoms with E-state index in [9.17, 15) is 24.9 Å². The van der Waals surface area contributed by atoms with E-state index in [1.807, 2.05) is 12.1 Å². The van der Waals surface area contributed by atoms with Crippen molar-refractivity contribution in [1.29, 1.82) is 0 Å². The van der Waals surface area contributed by atoms with Crippen molar-refractivity contribution in [1.82, 2.24) is 10.2 Å². The lowest BCUT2D eigenvalue weighted by Crippen LogP contribution is -2.55. The summed E-state index contributed by atoms with van der Waals surface area (Å²) < 4.78 is 12.5. The van der Waals surface area contributed by atoms with Crippen LogP contribution in [0.5, 0.6) is 11.5 Å². The highest BCUT2D eigenvalue weighted by molar-refractivity contribution is 14.1. The van der Waals surface area contributed by atoms with E-state index in [-0.39, 0.29) is 44.5 Å². The van der Waals surface area contributed by atoms with Crippen LogP contribution in [-0.2, 0) is 22.7 Å². The van der Waals surface area contributed by atoms with Gasteiger partial charge >= 0.3 is 0 Å². The van der Waals surface area contributed by atoms with Crippen LogP contribution in [0.15, 0.2) is 48.0 Å². The third kappa shape index (κ3) is 7.72. The van der Waals surface area contributed by atoms with Crippen molar-refractivity contribution >= 4 is 46.0 Å². The number of ether oxygens (including phenoxy) is 2. The number of nitrogens with one attached hydrogen (secondary N) is 1. The molecule has 1 fully saturated rings. The topological polar surface area (TPSA) is 129 Å². The Kier molecular flexibility index (Phi) is 11.3. The molecule has 11 heteroatoms. The molecular formula is C30H36ClIN2O7. The monoisotopic (exact) mass is 698 g/mol. The first kappa shape index (κ1) is 31.6. The number of benzene rings is 2. The molecule has 2 amide bonds. The standard InChI is InChI=1S/C30H36ClIN2O7/c1-40-26-13-19(17-36)12-23(32)28(26)41-25-15-21(29(38)33-10-11-35)14-24(27(25)37)34(30(39)20-4-2-3-5-20)16-18-6-8-22(31)9-7-18/h6-9,12-13,15,20,24-25,27,35-37H,2-5,10-11,14,16-17H2,1H3,(H,33,38). The summed E-state index contributed by atoms with van der Waals surface area (Å²) in [5, 5.41) is 33.9. The van der Waals surface area contributed by atoms with Gasteiger partial charge in [-0.25, -0.2) is 0 Å². The Hall–Kier alpha value is -2.38. The molecule has 2 aliphatic carbocycles. The highest BCUT2D eigenvalue weighted by atomic mass is 127. The van der Waals surface area contributed by atoms with Crippen molar-refractivity contribution in [3.8, 4) is 11.5 Å². The summed E-state index contributed by atoms with van der Waals surface area (Å²) in [5.41, 5.74) is 1.83. The van der Waals surface area contributed by atoms with Crippen LogP contribution in [-0.4, -0.2) is 70.5 Å². The molecule has 41 heavy (non-hydrogen) atoms. The highest BCUT2D eigenvalue weighted by Crippen LogP contribution is 2.38. The minimum absolute atomic E-state index is 0.0586. The van der Waals surface area contributed by atoms with E-state index in [1.54, 1.807) is 35.2 Å². The number of aliphatic hydroxyl groups excluding tert-OH is 3. The summed E-state index contributed by atoms with van der Waals surface area (Å²) in [6.45, 7) is -0.101. The summed E-state index contributed by atoms with van der Waals surface area (Å²) in [7, 11) is 1.48. The highest BCUT2D eigenvalue weighted by Gasteiger charge is 2.42. The number of carbonyl (C=O) groups is 2. The number of carbonyl (C=O) groups excluding carboxylic acids is 2. The Morgan fingerprint density at radius 3 is 2.46 bits per heavy atom. The molecule has 222 valence electrons. The van der Waals surface area contributed by atoms with Crippen molar-refractivity contribution < 1.29 is 34.4 Å². The lowest BCUT2D eigenvalue weighted by atomic mass is 9.87. The Bertz CT molecular complexity index is 1250. The van der Waals surface area contributed by atoms with Crippen molar-refractivity contribution in [2.24, 2.45) is 5.92 Å². The zero-order chi connectivity index (χ0) is 29.5. The second-order valence-electron chi connectivity index (χ2n) is 10.4. The van der Waals surface area contributed by atoms with Crippen LogP contribution in [0.25, 0.3) is 0 Å². The van der Waals surface area contributed by atoms with E-state index in [1.165, 1.54) is 7.11 Å². The van der Waals surface area contributed by atoms with Crippen LogP contribution in [0.4, 0.5) is 0 Å². The van der Waals surface area contributed by atoms with Crippen molar-refractivity contribution in [2.75, 3.05) is 20.3 Å². The maximum Gasteiger partial charge on any atom is 0.247 e. The molecule has 4 rings (SSSR count). The molecule has 0 spiro atoms.